The van der Waals surface area contributed by atoms with Crippen LogP contribution in [0.4, 0.5) is 5.82 Å². The number of aliphatic hydroxyl groups is 1. The minimum Gasteiger partial charge on any atom is -0.391 e. The van der Waals surface area contributed by atoms with Gasteiger partial charge in [-0.3, -0.25) is 4.79 Å². The Labute approximate surface area is 111 Å². The number of aromatic nitrogens is 1. The number of halogens is 1. The number of carbonyl (C=O) groups is 1. The first kappa shape index (κ1) is 13.1. The van der Waals surface area contributed by atoms with Crippen molar-refractivity contribution < 1.29 is 9.90 Å². The average molecular weight is 270 g/mol. The van der Waals surface area contributed by atoms with Crippen molar-refractivity contribution in [3.05, 3.63) is 22.8 Å². The van der Waals surface area contributed by atoms with Gasteiger partial charge in [-0.2, -0.15) is 0 Å². The van der Waals surface area contributed by atoms with Crippen LogP contribution in [0.15, 0.2) is 12.1 Å². The molecule has 1 aliphatic heterocycles. The first-order valence-electron chi connectivity index (χ1n) is 5.93. The second-order valence-electron chi connectivity index (χ2n) is 4.32. The second-order valence-corrected chi connectivity index (χ2v) is 4.73. The Kier molecular flexibility index (Phi) is 4.04. The summed E-state index contributed by atoms with van der Waals surface area (Å²) in [6.45, 7) is 0.984. The van der Waals surface area contributed by atoms with Crippen LogP contribution in [0.5, 0.6) is 0 Å². The summed E-state index contributed by atoms with van der Waals surface area (Å²) in [6.07, 6.45) is 1.09. The van der Waals surface area contributed by atoms with Crippen LogP contribution in [0, 0.1) is 0 Å². The minimum absolute atomic E-state index is 0.226. The maximum Gasteiger partial charge on any atom is 0.274 e. The summed E-state index contributed by atoms with van der Waals surface area (Å²) in [6, 6.07) is 3.36. The van der Waals surface area contributed by atoms with Crippen LogP contribution in [0.3, 0.4) is 0 Å². The van der Waals surface area contributed by atoms with Gasteiger partial charge in [0, 0.05) is 20.1 Å². The monoisotopic (exact) mass is 269 g/mol. The summed E-state index contributed by atoms with van der Waals surface area (Å²) < 4.78 is 0. The zero-order valence-corrected chi connectivity index (χ0v) is 10.9. The van der Waals surface area contributed by atoms with E-state index in [1.54, 1.807) is 24.1 Å². The lowest BCUT2D eigenvalue weighted by Gasteiger charge is -2.30. The maximum atomic E-state index is 12.3. The van der Waals surface area contributed by atoms with E-state index in [0.29, 0.717) is 23.9 Å². The third-order valence-corrected chi connectivity index (χ3v) is 3.29. The number of β-amino-alcohol motifs (C(OH)–C–C–N with tert-alkyl or cyclic N) is 1. The first-order chi connectivity index (χ1) is 8.61. The van der Waals surface area contributed by atoms with Gasteiger partial charge < -0.3 is 15.3 Å². The summed E-state index contributed by atoms with van der Waals surface area (Å²) >= 11 is 6.00. The Morgan fingerprint density at radius 1 is 1.61 bits per heavy atom. The molecule has 1 fully saturated rings. The number of carbonyl (C=O) groups excluding carboxylic acids is 1. The predicted octanol–water partition coefficient (Wildman–Crippen LogP) is 1.37. The highest BCUT2D eigenvalue weighted by atomic mass is 35.5. The van der Waals surface area contributed by atoms with Crippen LogP contribution in [0.2, 0.25) is 5.02 Å². The number of likely N-dealkylation sites (tertiary alicyclic amines) is 1. The number of rotatable bonds is 2. The van der Waals surface area contributed by atoms with Gasteiger partial charge in [0.2, 0.25) is 0 Å². The molecule has 0 saturated carbocycles. The Hall–Kier alpha value is -1.33. The van der Waals surface area contributed by atoms with Crippen LogP contribution < -0.4 is 5.32 Å². The lowest BCUT2D eigenvalue weighted by Crippen LogP contribution is -2.42. The summed E-state index contributed by atoms with van der Waals surface area (Å²) in [5.74, 6) is 0.371. The van der Waals surface area contributed by atoms with Crippen LogP contribution in [0.1, 0.15) is 23.3 Å². The highest BCUT2D eigenvalue weighted by molar-refractivity contribution is 6.33. The third-order valence-electron chi connectivity index (χ3n) is 2.99. The number of hydrogen-bond acceptors (Lipinski definition) is 4. The number of amides is 1. The molecule has 2 heterocycles. The fraction of sp³-hybridized carbons (Fsp3) is 0.500. The Morgan fingerprint density at radius 2 is 2.39 bits per heavy atom. The lowest BCUT2D eigenvalue weighted by atomic mass is 10.1. The largest absolute Gasteiger partial charge is 0.391 e. The van der Waals surface area contributed by atoms with Gasteiger partial charge in [-0.15, -0.1) is 0 Å². The molecular formula is C12H16ClN3O2. The number of nitrogens with zero attached hydrogens (tertiary/aromatic N) is 2. The van der Waals surface area contributed by atoms with Gasteiger partial charge in [0.1, 0.15) is 11.5 Å². The Balaban J connectivity index is 2.22. The molecule has 1 aromatic heterocycles. The number of nitrogens with one attached hydrogen (secondary N) is 1. The molecule has 1 unspecified atom stereocenters. The van der Waals surface area contributed by atoms with Gasteiger partial charge in [0.05, 0.1) is 11.1 Å². The van der Waals surface area contributed by atoms with Crippen LogP contribution >= 0.6 is 11.6 Å². The minimum atomic E-state index is -0.450. The number of hydrogen-bond donors (Lipinski definition) is 2. The number of anilines is 1. The molecule has 5 nitrogen and oxygen atoms in total. The number of aliphatic hydroxyl groups excluding tert-OH is 1. The molecule has 6 heteroatoms. The predicted molar refractivity (Wildman–Crippen MR) is 69.9 cm³/mol. The quantitative estimate of drug-likeness (QED) is 0.851. The summed E-state index contributed by atoms with van der Waals surface area (Å²) in [4.78, 5) is 18.0. The van der Waals surface area contributed by atoms with E-state index in [4.69, 9.17) is 11.6 Å². The van der Waals surface area contributed by atoms with E-state index < -0.39 is 6.10 Å². The van der Waals surface area contributed by atoms with Crippen LogP contribution in [-0.4, -0.2) is 47.1 Å². The highest BCUT2D eigenvalue weighted by Gasteiger charge is 2.25. The normalized spacial score (nSPS) is 19.7. The summed E-state index contributed by atoms with van der Waals surface area (Å²) in [5.41, 5.74) is 0.234. The van der Waals surface area contributed by atoms with Gasteiger partial charge in [0.25, 0.3) is 5.91 Å². The molecule has 0 spiro atoms. The first-order valence-corrected chi connectivity index (χ1v) is 6.31. The number of piperidine rings is 1. The standard InChI is InChI=1S/C12H16ClN3O2/c1-14-10-5-4-9(13)11(15-10)12(18)16-6-2-3-8(17)7-16/h4-5,8,17H,2-3,6-7H2,1H3,(H,14,15). The molecule has 2 rings (SSSR count). The zero-order chi connectivity index (χ0) is 13.1. The molecule has 1 atom stereocenters. The van der Waals surface area contributed by atoms with E-state index in [2.05, 4.69) is 10.3 Å². The van der Waals surface area contributed by atoms with Crippen molar-refractivity contribution in [2.45, 2.75) is 18.9 Å². The van der Waals surface area contributed by atoms with Crippen molar-refractivity contribution in [2.75, 3.05) is 25.5 Å². The van der Waals surface area contributed by atoms with E-state index in [1.165, 1.54) is 0 Å². The molecule has 1 amide bonds. The molecule has 0 aliphatic carbocycles. The zero-order valence-electron chi connectivity index (χ0n) is 10.2. The van der Waals surface area contributed by atoms with Gasteiger partial charge in [-0.1, -0.05) is 11.6 Å². The summed E-state index contributed by atoms with van der Waals surface area (Å²) in [7, 11) is 1.73. The molecule has 1 aromatic rings. The topological polar surface area (TPSA) is 65.5 Å². The highest BCUT2D eigenvalue weighted by Crippen LogP contribution is 2.20. The Morgan fingerprint density at radius 3 is 3.06 bits per heavy atom. The van der Waals surface area contributed by atoms with Gasteiger partial charge in [-0.25, -0.2) is 4.98 Å². The smallest absolute Gasteiger partial charge is 0.274 e. The van der Waals surface area contributed by atoms with E-state index in [0.717, 1.165) is 12.8 Å². The fourth-order valence-electron chi connectivity index (χ4n) is 2.02. The van der Waals surface area contributed by atoms with Gasteiger partial charge >= 0.3 is 0 Å². The van der Waals surface area contributed by atoms with Crippen molar-refractivity contribution in [1.29, 1.82) is 0 Å². The fourth-order valence-corrected chi connectivity index (χ4v) is 2.21. The molecule has 0 radical (unpaired) electrons. The van der Waals surface area contributed by atoms with E-state index in [1.807, 2.05) is 0 Å². The molecule has 2 N–H and O–H groups in total. The van der Waals surface area contributed by atoms with E-state index >= 15 is 0 Å². The van der Waals surface area contributed by atoms with Crippen molar-refractivity contribution in [2.24, 2.45) is 0 Å². The average Bonchev–Trinajstić information content (AvgIpc) is 2.38. The van der Waals surface area contributed by atoms with Crippen LogP contribution in [-0.2, 0) is 0 Å². The van der Waals surface area contributed by atoms with E-state index in [9.17, 15) is 9.90 Å². The second kappa shape index (κ2) is 5.54. The van der Waals surface area contributed by atoms with Gasteiger partial charge in [0.15, 0.2) is 0 Å². The third kappa shape index (κ3) is 2.73. The molecule has 0 aromatic carbocycles. The van der Waals surface area contributed by atoms with Crippen molar-refractivity contribution in [1.82, 2.24) is 9.88 Å². The van der Waals surface area contributed by atoms with Crippen molar-refractivity contribution in [3.8, 4) is 0 Å². The SMILES string of the molecule is CNc1ccc(Cl)c(C(=O)N2CCCC(O)C2)n1. The van der Waals surface area contributed by atoms with E-state index in [-0.39, 0.29) is 11.6 Å². The lowest BCUT2D eigenvalue weighted by molar-refractivity contribution is 0.0469. The van der Waals surface area contributed by atoms with Crippen LogP contribution in [0.25, 0.3) is 0 Å². The molecule has 1 aliphatic rings. The number of pyridine rings is 1. The summed E-state index contributed by atoms with van der Waals surface area (Å²) in [5, 5.41) is 12.8. The van der Waals surface area contributed by atoms with Crippen molar-refractivity contribution in [3.63, 3.8) is 0 Å². The van der Waals surface area contributed by atoms with Gasteiger partial charge in [-0.05, 0) is 25.0 Å². The molecule has 98 valence electrons. The molecular weight excluding hydrogens is 254 g/mol. The maximum absolute atomic E-state index is 12.3. The Bertz CT molecular complexity index is 453. The van der Waals surface area contributed by atoms with Crippen molar-refractivity contribution >= 4 is 23.3 Å². The molecule has 18 heavy (non-hydrogen) atoms. The molecule has 0 bridgehead atoms. The molecule has 1 saturated heterocycles.